The lowest BCUT2D eigenvalue weighted by Crippen LogP contribution is -2.43. The first-order chi connectivity index (χ1) is 7.68. The molecule has 6 heteroatoms. The number of carbonyl (C=O) groups is 2. The van der Waals surface area contributed by atoms with Gasteiger partial charge in [0.2, 0.25) is 5.91 Å². The van der Waals surface area contributed by atoms with Crippen LogP contribution in [0, 0.1) is 0 Å². The molecule has 0 saturated carbocycles. The number of hydrazone groups is 1. The summed E-state index contributed by atoms with van der Waals surface area (Å²) in [5, 5.41) is 3.79. The van der Waals surface area contributed by atoms with Crippen LogP contribution in [0.4, 0.5) is 0 Å². The fourth-order valence-electron chi connectivity index (χ4n) is 1.83. The molecule has 1 atom stereocenters. The van der Waals surface area contributed by atoms with Gasteiger partial charge in [0.05, 0.1) is 12.6 Å². The lowest BCUT2D eigenvalue weighted by Gasteiger charge is -2.24. The molecule has 2 aliphatic heterocycles. The van der Waals surface area contributed by atoms with Crippen molar-refractivity contribution in [3.63, 3.8) is 0 Å². The van der Waals surface area contributed by atoms with Gasteiger partial charge in [-0.05, 0) is 6.42 Å². The van der Waals surface area contributed by atoms with Crippen molar-refractivity contribution < 1.29 is 14.3 Å². The van der Waals surface area contributed by atoms with E-state index in [1.54, 1.807) is 11.9 Å². The van der Waals surface area contributed by atoms with Crippen molar-refractivity contribution in [2.75, 3.05) is 20.3 Å². The topological polar surface area (TPSA) is 71.0 Å². The van der Waals surface area contributed by atoms with E-state index in [0.717, 1.165) is 6.42 Å². The first-order valence-corrected chi connectivity index (χ1v) is 5.39. The standard InChI is InChI=1S/C10H15N3O3/c1-13(7-4-5-16-6-7)10(15)8-2-3-9(14)12-11-8/h7H,2-6H2,1H3,(H,12,14). The number of nitrogens with one attached hydrogen (secondary N) is 1. The van der Waals surface area contributed by atoms with Crippen LogP contribution in [0.2, 0.25) is 0 Å². The summed E-state index contributed by atoms with van der Waals surface area (Å²) in [7, 11) is 1.75. The molecule has 88 valence electrons. The van der Waals surface area contributed by atoms with Crippen molar-refractivity contribution in [3.8, 4) is 0 Å². The van der Waals surface area contributed by atoms with Crippen LogP contribution in [-0.2, 0) is 14.3 Å². The second kappa shape index (κ2) is 4.61. The summed E-state index contributed by atoms with van der Waals surface area (Å²) in [5.41, 5.74) is 2.75. The summed E-state index contributed by atoms with van der Waals surface area (Å²) in [5.74, 6) is -0.251. The average molecular weight is 225 g/mol. The molecule has 2 heterocycles. The Kier molecular flexibility index (Phi) is 3.19. The molecular formula is C10H15N3O3. The Bertz CT molecular complexity index is 334. The van der Waals surface area contributed by atoms with E-state index in [9.17, 15) is 9.59 Å². The maximum absolute atomic E-state index is 12.0. The van der Waals surface area contributed by atoms with E-state index in [2.05, 4.69) is 10.5 Å². The van der Waals surface area contributed by atoms with Crippen LogP contribution in [-0.4, -0.2) is 48.7 Å². The van der Waals surface area contributed by atoms with Crippen LogP contribution >= 0.6 is 0 Å². The number of hydrogen-bond acceptors (Lipinski definition) is 4. The highest BCUT2D eigenvalue weighted by atomic mass is 16.5. The van der Waals surface area contributed by atoms with Crippen LogP contribution in [0.25, 0.3) is 0 Å². The van der Waals surface area contributed by atoms with Gasteiger partial charge in [0.25, 0.3) is 5.91 Å². The third-order valence-electron chi connectivity index (χ3n) is 2.93. The number of carbonyl (C=O) groups excluding carboxylic acids is 2. The zero-order valence-electron chi connectivity index (χ0n) is 9.23. The van der Waals surface area contributed by atoms with Gasteiger partial charge in [0, 0.05) is 26.5 Å². The minimum Gasteiger partial charge on any atom is -0.379 e. The predicted octanol–water partition coefficient (Wildman–Crippen LogP) is -0.500. The summed E-state index contributed by atoms with van der Waals surface area (Å²) >= 11 is 0. The third-order valence-corrected chi connectivity index (χ3v) is 2.93. The lowest BCUT2D eigenvalue weighted by atomic mass is 10.1. The maximum Gasteiger partial charge on any atom is 0.270 e. The van der Waals surface area contributed by atoms with Gasteiger partial charge in [-0.25, -0.2) is 5.43 Å². The minimum atomic E-state index is -0.136. The molecule has 0 radical (unpaired) electrons. The summed E-state index contributed by atoms with van der Waals surface area (Å²) in [4.78, 5) is 24.5. The van der Waals surface area contributed by atoms with E-state index in [4.69, 9.17) is 4.74 Å². The molecule has 0 aliphatic carbocycles. The number of likely N-dealkylation sites (N-methyl/N-ethyl adjacent to an activating group) is 1. The molecule has 0 aromatic rings. The van der Waals surface area contributed by atoms with E-state index in [1.807, 2.05) is 0 Å². The molecule has 0 bridgehead atoms. The fourth-order valence-corrected chi connectivity index (χ4v) is 1.83. The molecule has 1 saturated heterocycles. The third kappa shape index (κ3) is 2.21. The monoisotopic (exact) mass is 225 g/mol. The molecule has 0 aromatic carbocycles. The Morgan fingerprint density at radius 1 is 1.56 bits per heavy atom. The number of hydrogen-bond donors (Lipinski definition) is 1. The summed E-state index contributed by atoms with van der Waals surface area (Å²) in [6, 6.07) is 0.132. The Morgan fingerprint density at radius 2 is 2.38 bits per heavy atom. The number of amides is 2. The second-order valence-corrected chi connectivity index (χ2v) is 4.03. The maximum atomic E-state index is 12.0. The van der Waals surface area contributed by atoms with Crippen molar-refractivity contribution in [2.45, 2.75) is 25.3 Å². The molecule has 2 amide bonds. The first kappa shape index (κ1) is 11.1. The molecule has 2 rings (SSSR count). The molecule has 6 nitrogen and oxygen atoms in total. The number of nitrogens with zero attached hydrogens (tertiary/aromatic N) is 2. The van der Waals surface area contributed by atoms with Gasteiger partial charge in [-0.15, -0.1) is 0 Å². The van der Waals surface area contributed by atoms with Crippen LogP contribution < -0.4 is 5.43 Å². The van der Waals surface area contributed by atoms with Gasteiger partial charge < -0.3 is 9.64 Å². The van der Waals surface area contributed by atoms with Gasteiger partial charge >= 0.3 is 0 Å². The van der Waals surface area contributed by atoms with E-state index in [-0.39, 0.29) is 17.9 Å². The van der Waals surface area contributed by atoms with E-state index >= 15 is 0 Å². The molecule has 2 aliphatic rings. The normalized spacial score (nSPS) is 24.9. The van der Waals surface area contributed by atoms with Crippen molar-refractivity contribution in [1.82, 2.24) is 10.3 Å². The van der Waals surface area contributed by atoms with Crippen molar-refractivity contribution in [1.29, 1.82) is 0 Å². The van der Waals surface area contributed by atoms with Gasteiger partial charge in [-0.1, -0.05) is 0 Å². The van der Waals surface area contributed by atoms with Crippen LogP contribution in [0.3, 0.4) is 0 Å². The van der Waals surface area contributed by atoms with Crippen LogP contribution in [0.5, 0.6) is 0 Å². The van der Waals surface area contributed by atoms with E-state index in [1.165, 1.54) is 0 Å². The average Bonchev–Trinajstić information content (AvgIpc) is 2.81. The van der Waals surface area contributed by atoms with E-state index in [0.29, 0.717) is 31.8 Å². The molecule has 16 heavy (non-hydrogen) atoms. The second-order valence-electron chi connectivity index (χ2n) is 4.03. The van der Waals surface area contributed by atoms with Gasteiger partial charge in [-0.2, -0.15) is 5.10 Å². The Hall–Kier alpha value is -1.43. The van der Waals surface area contributed by atoms with Gasteiger partial charge in [0.15, 0.2) is 0 Å². The number of rotatable bonds is 2. The molecule has 0 aromatic heterocycles. The van der Waals surface area contributed by atoms with Crippen molar-refractivity contribution in [3.05, 3.63) is 0 Å². The highest BCUT2D eigenvalue weighted by Crippen LogP contribution is 2.12. The summed E-state index contributed by atoms with van der Waals surface area (Å²) < 4.78 is 5.23. The summed E-state index contributed by atoms with van der Waals surface area (Å²) in [6.45, 7) is 1.29. The zero-order valence-corrected chi connectivity index (χ0v) is 9.23. The molecule has 1 N–H and O–H groups in total. The predicted molar refractivity (Wildman–Crippen MR) is 56.8 cm³/mol. The lowest BCUT2D eigenvalue weighted by molar-refractivity contribution is -0.125. The highest BCUT2D eigenvalue weighted by Gasteiger charge is 2.28. The van der Waals surface area contributed by atoms with Crippen molar-refractivity contribution >= 4 is 17.5 Å². The number of ether oxygens (including phenoxy) is 1. The SMILES string of the molecule is CN(C(=O)C1=NNC(=O)CC1)C1CCOC1. The molecule has 1 unspecified atom stereocenters. The summed E-state index contributed by atoms with van der Waals surface area (Å²) in [6.07, 6.45) is 1.62. The minimum absolute atomic E-state index is 0.115. The van der Waals surface area contributed by atoms with Crippen LogP contribution in [0.1, 0.15) is 19.3 Å². The van der Waals surface area contributed by atoms with Crippen LogP contribution in [0.15, 0.2) is 5.10 Å². The van der Waals surface area contributed by atoms with Gasteiger partial charge in [-0.3, -0.25) is 9.59 Å². The first-order valence-electron chi connectivity index (χ1n) is 5.39. The highest BCUT2D eigenvalue weighted by molar-refractivity contribution is 6.39. The smallest absolute Gasteiger partial charge is 0.270 e. The molecular weight excluding hydrogens is 210 g/mol. The zero-order chi connectivity index (χ0) is 11.5. The fraction of sp³-hybridized carbons (Fsp3) is 0.700. The quantitative estimate of drug-likeness (QED) is 0.688. The molecule has 0 spiro atoms. The Balaban J connectivity index is 1.98. The Morgan fingerprint density at radius 3 is 2.94 bits per heavy atom. The Labute approximate surface area is 93.6 Å². The van der Waals surface area contributed by atoms with E-state index < -0.39 is 0 Å². The largest absolute Gasteiger partial charge is 0.379 e. The van der Waals surface area contributed by atoms with Gasteiger partial charge in [0.1, 0.15) is 5.71 Å². The molecule has 1 fully saturated rings. The van der Waals surface area contributed by atoms with Crippen molar-refractivity contribution in [2.24, 2.45) is 5.10 Å².